The fraction of sp³-hybridized carbons (Fsp3) is 0.750. The highest BCUT2D eigenvalue weighted by Gasteiger charge is 2.34. The molecule has 0 spiro atoms. The van der Waals surface area contributed by atoms with E-state index in [2.05, 4.69) is 11.7 Å². The molecular weight excluding hydrogens is 380 g/mol. The Kier molecular flexibility index (Phi) is 7.86. The minimum Gasteiger partial charge on any atom is -0.403 e. The minimum atomic E-state index is -4.87. The SMILES string of the molecule is CCCCC[C@H]1CC[C@H]([C@H]2CC[C@H](c3ccc(OC(F)(F)F)c(F)c3)CC2)CC1. The molecule has 0 aromatic heterocycles. The minimum absolute atomic E-state index is 0.242. The second kappa shape index (κ2) is 10.2. The van der Waals surface area contributed by atoms with Crippen molar-refractivity contribution in [3.63, 3.8) is 0 Å². The van der Waals surface area contributed by atoms with E-state index < -0.39 is 17.9 Å². The zero-order chi connectivity index (χ0) is 20.9. The molecule has 0 heterocycles. The lowest BCUT2D eigenvalue weighted by atomic mass is 9.68. The number of benzene rings is 1. The predicted octanol–water partition coefficient (Wildman–Crippen LogP) is 8.38. The van der Waals surface area contributed by atoms with Crippen molar-refractivity contribution in [2.24, 2.45) is 17.8 Å². The van der Waals surface area contributed by atoms with Crippen molar-refractivity contribution in [3.05, 3.63) is 29.6 Å². The van der Waals surface area contributed by atoms with E-state index in [1.807, 2.05) is 0 Å². The zero-order valence-electron chi connectivity index (χ0n) is 17.4. The molecule has 0 atom stereocenters. The Morgan fingerprint density at radius 2 is 1.52 bits per heavy atom. The summed E-state index contributed by atoms with van der Waals surface area (Å²) in [6.07, 6.45) is 10.3. The van der Waals surface area contributed by atoms with E-state index in [1.165, 1.54) is 57.4 Å². The highest BCUT2D eigenvalue weighted by atomic mass is 19.4. The second-order valence-corrected chi connectivity index (χ2v) is 9.13. The quantitative estimate of drug-likeness (QED) is 0.321. The highest BCUT2D eigenvalue weighted by molar-refractivity contribution is 5.31. The average molecular weight is 415 g/mol. The van der Waals surface area contributed by atoms with Gasteiger partial charge in [-0.05, 0) is 79.9 Å². The number of hydrogen-bond donors (Lipinski definition) is 0. The van der Waals surface area contributed by atoms with Crippen molar-refractivity contribution < 1.29 is 22.3 Å². The molecule has 2 fully saturated rings. The number of halogens is 4. The topological polar surface area (TPSA) is 9.23 Å². The molecule has 2 aliphatic rings. The van der Waals surface area contributed by atoms with Crippen molar-refractivity contribution in [1.82, 2.24) is 0 Å². The lowest BCUT2D eigenvalue weighted by Gasteiger charge is -2.38. The van der Waals surface area contributed by atoms with E-state index in [4.69, 9.17) is 0 Å². The van der Waals surface area contributed by atoms with Gasteiger partial charge in [0.2, 0.25) is 0 Å². The monoisotopic (exact) mass is 414 g/mol. The summed E-state index contributed by atoms with van der Waals surface area (Å²) >= 11 is 0. The van der Waals surface area contributed by atoms with Crippen molar-refractivity contribution in [2.45, 2.75) is 96.3 Å². The number of rotatable bonds is 7. The summed E-state index contributed by atoms with van der Waals surface area (Å²) in [7, 11) is 0. The molecule has 0 bridgehead atoms. The van der Waals surface area contributed by atoms with Gasteiger partial charge in [0, 0.05) is 0 Å². The van der Waals surface area contributed by atoms with Gasteiger partial charge in [-0.1, -0.05) is 51.5 Å². The van der Waals surface area contributed by atoms with Crippen LogP contribution in [-0.4, -0.2) is 6.36 Å². The fourth-order valence-corrected chi connectivity index (χ4v) is 5.53. The van der Waals surface area contributed by atoms with Gasteiger partial charge in [-0.25, -0.2) is 4.39 Å². The predicted molar refractivity (Wildman–Crippen MR) is 107 cm³/mol. The summed E-state index contributed by atoms with van der Waals surface area (Å²) in [5.41, 5.74) is 0.801. The average Bonchev–Trinajstić information content (AvgIpc) is 2.69. The maximum atomic E-state index is 14.0. The number of hydrogen-bond acceptors (Lipinski definition) is 1. The smallest absolute Gasteiger partial charge is 0.403 e. The summed E-state index contributed by atoms with van der Waals surface area (Å²) in [6, 6.07) is 3.94. The van der Waals surface area contributed by atoms with Crippen molar-refractivity contribution in [1.29, 1.82) is 0 Å². The molecule has 1 nitrogen and oxygen atoms in total. The molecule has 0 amide bonds. The van der Waals surface area contributed by atoms with E-state index >= 15 is 0 Å². The Hall–Kier alpha value is -1.26. The maximum absolute atomic E-state index is 14.0. The molecule has 5 heteroatoms. The van der Waals surface area contributed by atoms with Crippen molar-refractivity contribution >= 4 is 0 Å². The summed E-state index contributed by atoms with van der Waals surface area (Å²) in [4.78, 5) is 0. The van der Waals surface area contributed by atoms with Crippen LogP contribution < -0.4 is 4.74 Å². The van der Waals surface area contributed by atoms with Crippen LogP contribution in [0.15, 0.2) is 18.2 Å². The Morgan fingerprint density at radius 1 is 0.897 bits per heavy atom. The van der Waals surface area contributed by atoms with Crippen LogP contribution in [0.3, 0.4) is 0 Å². The van der Waals surface area contributed by atoms with Gasteiger partial charge < -0.3 is 4.74 Å². The Balaban J connectivity index is 1.45. The first kappa shape index (κ1) is 22.4. The fourth-order valence-electron chi connectivity index (χ4n) is 5.53. The lowest BCUT2D eigenvalue weighted by Crippen LogP contribution is -2.25. The summed E-state index contributed by atoms with van der Waals surface area (Å²) in [5.74, 6) is 1.09. The molecule has 2 aliphatic carbocycles. The molecule has 1 aromatic carbocycles. The first-order chi connectivity index (χ1) is 13.9. The first-order valence-corrected chi connectivity index (χ1v) is 11.4. The Labute approximate surface area is 172 Å². The van der Waals surface area contributed by atoms with E-state index in [1.54, 1.807) is 6.07 Å². The molecule has 29 heavy (non-hydrogen) atoms. The van der Waals surface area contributed by atoms with E-state index in [9.17, 15) is 17.6 Å². The maximum Gasteiger partial charge on any atom is 0.573 e. The normalized spacial score (nSPS) is 28.3. The largest absolute Gasteiger partial charge is 0.573 e. The van der Waals surface area contributed by atoms with Crippen LogP contribution in [-0.2, 0) is 0 Å². The van der Waals surface area contributed by atoms with E-state index in [-0.39, 0.29) is 5.92 Å². The van der Waals surface area contributed by atoms with Gasteiger partial charge in [-0.15, -0.1) is 13.2 Å². The zero-order valence-corrected chi connectivity index (χ0v) is 17.4. The first-order valence-electron chi connectivity index (χ1n) is 11.4. The molecule has 0 aliphatic heterocycles. The third-order valence-corrected chi connectivity index (χ3v) is 7.20. The molecule has 0 radical (unpaired) electrons. The van der Waals surface area contributed by atoms with Gasteiger partial charge in [0.25, 0.3) is 0 Å². The summed E-state index contributed by atoms with van der Waals surface area (Å²) in [6.45, 7) is 2.26. The standard InChI is InChI=1S/C24H34F4O/c1-2-3-4-5-17-6-8-18(9-7-17)19-10-12-20(13-11-19)21-14-15-23(22(25)16-21)29-24(26,27)28/h14-20H,2-13H2,1H3/t17-,18-,19-,20-. The summed E-state index contributed by atoms with van der Waals surface area (Å²) in [5, 5.41) is 0. The third kappa shape index (κ3) is 6.62. The van der Waals surface area contributed by atoms with Crippen LogP contribution in [0.4, 0.5) is 17.6 Å². The van der Waals surface area contributed by atoms with Crippen LogP contribution in [0.1, 0.15) is 95.5 Å². The molecule has 164 valence electrons. The van der Waals surface area contributed by atoms with Crippen LogP contribution in [0, 0.1) is 23.6 Å². The van der Waals surface area contributed by atoms with Crippen molar-refractivity contribution in [3.8, 4) is 5.75 Å². The molecule has 3 rings (SSSR count). The van der Waals surface area contributed by atoms with Gasteiger partial charge in [-0.2, -0.15) is 0 Å². The molecule has 2 saturated carbocycles. The Morgan fingerprint density at radius 3 is 2.07 bits per heavy atom. The number of unbranched alkanes of at least 4 members (excludes halogenated alkanes) is 2. The second-order valence-electron chi connectivity index (χ2n) is 9.13. The third-order valence-electron chi connectivity index (χ3n) is 7.20. The van der Waals surface area contributed by atoms with Gasteiger partial charge in [-0.3, -0.25) is 0 Å². The summed E-state index contributed by atoms with van der Waals surface area (Å²) < 4.78 is 54.7. The van der Waals surface area contributed by atoms with E-state index in [0.29, 0.717) is 0 Å². The highest BCUT2D eigenvalue weighted by Crippen LogP contribution is 2.45. The van der Waals surface area contributed by atoms with Crippen LogP contribution in [0.25, 0.3) is 0 Å². The van der Waals surface area contributed by atoms with Gasteiger partial charge in [0.1, 0.15) is 0 Å². The van der Waals surface area contributed by atoms with Gasteiger partial charge in [0.15, 0.2) is 11.6 Å². The number of alkyl halides is 3. The van der Waals surface area contributed by atoms with E-state index in [0.717, 1.165) is 55.1 Å². The van der Waals surface area contributed by atoms with Gasteiger partial charge in [0.05, 0.1) is 0 Å². The Bertz CT molecular complexity index is 626. The van der Waals surface area contributed by atoms with Crippen LogP contribution >= 0.6 is 0 Å². The molecule has 0 N–H and O–H groups in total. The van der Waals surface area contributed by atoms with Crippen LogP contribution in [0.5, 0.6) is 5.75 Å². The molecule has 0 saturated heterocycles. The van der Waals surface area contributed by atoms with Gasteiger partial charge >= 0.3 is 6.36 Å². The van der Waals surface area contributed by atoms with Crippen molar-refractivity contribution in [2.75, 3.05) is 0 Å². The molecule has 1 aromatic rings. The number of ether oxygens (including phenoxy) is 1. The molecule has 0 unspecified atom stereocenters. The van der Waals surface area contributed by atoms with Crippen LogP contribution in [0.2, 0.25) is 0 Å². The molecular formula is C24H34F4O. The lowest BCUT2D eigenvalue weighted by molar-refractivity contribution is -0.275.